The van der Waals surface area contributed by atoms with Crippen LogP contribution < -0.4 is 0 Å². The molecule has 0 radical (unpaired) electrons. The molecule has 0 amide bonds. The maximum absolute atomic E-state index is 10.6. The second-order valence-electron chi connectivity index (χ2n) is 4.00. The van der Waals surface area contributed by atoms with Crippen LogP contribution in [-0.2, 0) is 6.54 Å². The summed E-state index contributed by atoms with van der Waals surface area (Å²) in [6.45, 7) is 8.09. The van der Waals surface area contributed by atoms with Gasteiger partial charge in [-0.1, -0.05) is 6.92 Å². The van der Waals surface area contributed by atoms with E-state index in [1.54, 1.807) is 12.1 Å². The summed E-state index contributed by atoms with van der Waals surface area (Å²) in [7, 11) is 0. The maximum atomic E-state index is 10.6. The Bertz CT molecular complexity index is 347. The first kappa shape index (κ1) is 12.6. The van der Waals surface area contributed by atoms with Gasteiger partial charge in [0.1, 0.15) is 0 Å². The molecule has 1 rings (SSSR count). The van der Waals surface area contributed by atoms with Gasteiger partial charge in [0.05, 0.1) is 11.3 Å². The summed E-state index contributed by atoms with van der Waals surface area (Å²) in [6.07, 6.45) is 1.41. The molecule has 0 spiro atoms. The van der Waals surface area contributed by atoms with Crippen molar-refractivity contribution in [2.24, 2.45) is 0 Å². The zero-order chi connectivity index (χ0) is 12.1. The fourth-order valence-corrected chi connectivity index (χ4v) is 1.51. The molecule has 1 N–H and O–H groups in total. The van der Waals surface area contributed by atoms with Gasteiger partial charge >= 0.3 is 5.97 Å². The van der Waals surface area contributed by atoms with Crippen LogP contribution >= 0.6 is 0 Å². The number of nitrogens with zero attached hydrogens (tertiary/aromatic N) is 2. The van der Waals surface area contributed by atoms with Gasteiger partial charge in [0.15, 0.2) is 0 Å². The standard InChI is InChI=1S/C12H18N2O2/c1-4-14(9(2)3)8-11-6-5-10(7-13-11)12(15)16/h5-7,9H,4,8H2,1-3H3,(H,15,16). The Morgan fingerprint density at radius 2 is 2.19 bits per heavy atom. The predicted octanol–water partition coefficient (Wildman–Crippen LogP) is 2.01. The molecule has 88 valence electrons. The lowest BCUT2D eigenvalue weighted by molar-refractivity contribution is 0.0696. The molecule has 0 bridgehead atoms. The highest BCUT2D eigenvalue weighted by Crippen LogP contribution is 2.06. The van der Waals surface area contributed by atoms with Gasteiger partial charge in [-0.2, -0.15) is 0 Å². The van der Waals surface area contributed by atoms with Crippen LogP contribution in [0.3, 0.4) is 0 Å². The number of carbonyl (C=O) groups is 1. The van der Waals surface area contributed by atoms with Gasteiger partial charge in [-0.05, 0) is 32.5 Å². The van der Waals surface area contributed by atoms with Crippen molar-refractivity contribution in [3.63, 3.8) is 0 Å². The monoisotopic (exact) mass is 222 g/mol. The first-order valence-electron chi connectivity index (χ1n) is 5.46. The fraction of sp³-hybridized carbons (Fsp3) is 0.500. The van der Waals surface area contributed by atoms with Gasteiger partial charge in [-0.25, -0.2) is 4.79 Å². The Kier molecular flexibility index (Phi) is 4.43. The number of aromatic nitrogens is 1. The summed E-state index contributed by atoms with van der Waals surface area (Å²) in [5, 5.41) is 8.74. The summed E-state index contributed by atoms with van der Waals surface area (Å²) in [5.41, 5.74) is 1.14. The number of hydrogen-bond donors (Lipinski definition) is 1. The maximum Gasteiger partial charge on any atom is 0.337 e. The third-order valence-electron chi connectivity index (χ3n) is 2.57. The number of rotatable bonds is 5. The molecule has 0 aliphatic carbocycles. The number of pyridine rings is 1. The lowest BCUT2D eigenvalue weighted by Gasteiger charge is -2.24. The van der Waals surface area contributed by atoms with Crippen LogP contribution in [-0.4, -0.2) is 33.5 Å². The first-order valence-corrected chi connectivity index (χ1v) is 5.46. The molecule has 0 saturated heterocycles. The molecule has 0 aliphatic heterocycles. The molecule has 1 heterocycles. The molecule has 1 aromatic rings. The van der Waals surface area contributed by atoms with Gasteiger partial charge < -0.3 is 5.11 Å². The zero-order valence-corrected chi connectivity index (χ0v) is 9.97. The Hall–Kier alpha value is -1.42. The largest absolute Gasteiger partial charge is 0.478 e. The van der Waals surface area contributed by atoms with Crippen LogP contribution in [0.4, 0.5) is 0 Å². The van der Waals surface area contributed by atoms with E-state index in [2.05, 4.69) is 30.7 Å². The number of aromatic carboxylic acids is 1. The van der Waals surface area contributed by atoms with Crippen molar-refractivity contribution in [1.82, 2.24) is 9.88 Å². The van der Waals surface area contributed by atoms with E-state index in [1.165, 1.54) is 6.20 Å². The highest BCUT2D eigenvalue weighted by Gasteiger charge is 2.09. The molecule has 0 aromatic carbocycles. The van der Waals surface area contributed by atoms with Gasteiger partial charge in [0, 0.05) is 18.8 Å². The van der Waals surface area contributed by atoms with Crippen LogP contribution in [0.15, 0.2) is 18.3 Å². The van der Waals surface area contributed by atoms with Crippen molar-refractivity contribution in [2.45, 2.75) is 33.4 Å². The molecule has 4 nitrogen and oxygen atoms in total. The predicted molar refractivity (Wildman–Crippen MR) is 62.4 cm³/mol. The molecule has 0 saturated carbocycles. The van der Waals surface area contributed by atoms with Crippen molar-refractivity contribution >= 4 is 5.97 Å². The molecule has 0 atom stereocenters. The Labute approximate surface area is 95.9 Å². The van der Waals surface area contributed by atoms with Crippen LogP contribution in [0.2, 0.25) is 0 Å². The van der Waals surface area contributed by atoms with E-state index in [-0.39, 0.29) is 5.56 Å². The van der Waals surface area contributed by atoms with E-state index in [9.17, 15) is 4.79 Å². The third-order valence-corrected chi connectivity index (χ3v) is 2.57. The Morgan fingerprint density at radius 1 is 1.50 bits per heavy atom. The van der Waals surface area contributed by atoms with Crippen molar-refractivity contribution in [3.8, 4) is 0 Å². The summed E-state index contributed by atoms with van der Waals surface area (Å²) >= 11 is 0. The van der Waals surface area contributed by atoms with Crippen molar-refractivity contribution in [1.29, 1.82) is 0 Å². The number of carboxylic acid groups (broad SMARTS) is 1. The SMILES string of the molecule is CCN(Cc1ccc(C(=O)O)cn1)C(C)C. The summed E-state index contributed by atoms with van der Waals surface area (Å²) in [5.74, 6) is -0.935. The van der Waals surface area contributed by atoms with Crippen molar-refractivity contribution < 1.29 is 9.90 Å². The lowest BCUT2D eigenvalue weighted by Crippen LogP contribution is -2.30. The average molecular weight is 222 g/mol. The van der Waals surface area contributed by atoms with Crippen LogP contribution in [0.1, 0.15) is 36.8 Å². The van der Waals surface area contributed by atoms with E-state index in [0.717, 1.165) is 18.8 Å². The smallest absolute Gasteiger partial charge is 0.337 e. The lowest BCUT2D eigenvalue weighted by atomic mass is 10.2. The Balaban J connectivity index is 2.71. The van der Waals surface area contributed by atoms with E-state index in [0.29, 0.717) is 6.04 Å². The van der Waals surface area contributed by atoms with Gasteiger partial charge in [-0.15, -0.1) is 0 Å². The van der Waals surface area contributed by atoms with Crippen molar-refractivity contribution in [2.75, 3.05) is 6.54 Å². The minimum Gasteiger partial charge on any atom is -0.478 e. The minimum atomic E-state index is -0.935. The number of carboxylic acids is 1. The molecule has 0 fully saturated rings. The summed E-state index contributed by atoms with van der Waals surface area (Å²) < 4.78 is 0. The zero-order valence-electron chi connectivity index (χ0n) is 9.97. The molecular weight excluding hydrogens is 204 g/mol. The molecule has 1 aromatic heterocycles. The quantitative estimate of drug-likeness (QED) is 0.828. The van der Waals surface area contributed by atoms with Gasteiger partial charge in [0.25, 0.3) is 0 Å². The summed E-state index contributed by atoms with van der Waals surface area (Å²) in [4.78, 5) is 17.1. The van der Waals surface area contributed by atoms with E-state index < -0.39 is 5.97 Å². The molecule has 4 heteroatoms. The van der Waals surface area contributed by atoms with Gasteiger partial charge in [-0.3, -0.25) is 9.88 Å². The van der Waals surface area contributed by atoms with E-state index in [1.807, 2.05) is 0 Å². The molecule has 0 unspecified atom stereocenters. The molecule has 0 aliphatic rings. The third kappa shape index (κ3) is 3.31. The second-order valence-corrected chi connectivity index (χ2v) is 4.00. The topological polar surface area (TPSA) is 53.4 Å². The highest BCUT2D eigenvalue weighted by molar-refractivity contribution is 5.87. The fourth-order valence-electron chi connectivity index (χ4n) is 1.51. The van der Waals surface area contributed by atoms with Gasteiger partial charge in [0.2, 0.25) is 0 Å². The first-order chi connectivity index (χ1) is 7.54. The normalized spacial score (nSPS) is 11.1. The van der Waals surface area contributed by atoms with Crippen LogP contribution in [0, 0.1) is 0 Å². The van der Waals surface area contributed by atoms with Crippen LogP contribution in [0.5, 0.6) is 0 Å². The molecular formula is C12H18N2O2. The minimum absolute atomic E-state index is 0.233. The van der Waals surface area contributed by atoms with Crippen LogP contribution in [0.25, 0.3) is 0 Å². The highest BCUT2D eigenvalue weighted by atomic mass is 16.4. The second kappa shape index (κ2) is 5.61. The summed E-state index contributed by atoms with van der Waals surface area (Å²) in [6, 6.07) is 3.83. The van der Waals surface area contributed by atoms with Crippen molar-refractivity contribution in [3.05, 3.63) is 29.6 Å². The van der Waals surface area contributed by atoms with E-state index in [4.69, 9.17) is 5.11 Å². The molecule has 16 heavy (non-hydrogen) atoms. The Morgan fingerprint density at radius 3 is 2.56 bits per heavy atom. The van der Waals surface area contributed by atoms with E-state index >= 15 is 0 Å². The number of hydrogen-bond acceptors (Lipinski definition) is 3. The average Bonchev–Trinajstić information content (AvgIpc) is 2.26.